The van der Waals surface area contributed by atoms with Crippen LogP contribution in [0.15, 0.2) is 54.6 Å². The zero-order chi connectivity index (χ0) is 18.4. The number of nitrogens with one attached hydrogen (secondary N) is 1. The van der Waals surface area contributed by atoms with Gasteiger partial charge in [-0.05, 0) is 36.6 Å². The molecule has 3 nitrogen and oxygen atoms in total. The molecule has 2 unspecified atom stereocenters. The van der Waals surface area contributed by atoms with Gasteiger partial charge in [0.2, 0.25) is 5.91 Å². The summed E-state index contributed by atoms with van der Waals surface area (Å²) in [7, 11) is 0. The highest BCUT2D eigenvalue weighted by Crippen LogP contribution is 2.29. The summed E-state index contributed by atoms with van der Waals surface area (Å²) < 4.78 is 37.6. The quantitative estimate of drug-likeness (QED) is 0.832. The van der Waals surface area contributed by atoms with Gasteiger partial charge in [0.05, 0.1) is 5.56 Å². The summed E-state index contributed by atoms with van der Waals surface area (Å²) in [5, 5.41) is 2.83. The van der Waals surface area contributed by atoms with Gasteiger partial charge in [0, 0.05) is 18.5 Å². The fourth-order valence-corrected chi connectivity index (χ4v) is 2.59. The summed E-state index contributed by atoms with van der Waals surface area (Å²) >= 11 is 0. The number of rotatable bonds is 6. The Labute approximate surface area is 145 Å². The van der Waals surface area contributed by atoms with Gasteiger partial charge < -0.3 is 11.1 Å². The number of hydrogen-bond donors (Lipinski definition) is 2. The van der Waals surface area contributed by atoms with Gasteiger partial charge in [0.15, 0.2) is 0 Å². The smallest absolute Gasteiger partial charge is 0.353 e. The highest BCUT2D eigenvalue weighted by Gasteiger charge is 2.29. The molecule has 0 heterocycles. The number of nitrogens with two attached hydrogens (primary N) is 1. The largest absolute Gasteiger partial charge is 0.416 e. The molecule has 0 spiro atoms. The molecule has 2 aromatic rings. The van der Waals surface area contributed by atoms with Crippen molar-refractivity contribution in [2.24, 2.45) is 5.73 Å². The van der Waals surface area contributed by atoms with Crippen LogP contribution < -0.4 is 11.1 Å². The van der Waals surface area contributed by atoms with Crippen molar-refractivity contribution < 1.29 is 18.0 Å². The van der Waals surface area contributed by atoms with E-state index < -0.39 is 11.7 Å². The maximum Gasteiger partial charge on any atom is 0.416 e. The first-order valence-electron chi connectivity index (χ1n) is 8.01. The van der Waals surface area contributed by atoms with E-state index >= 15 is 0 Å². The van der Waals surface area contributed by atoms with Crippen LogP contribution in [0.1, 0.15) is 36.1 Å². The molecule has 0 bridgehead atoms. The van der Waals surface area contributed by atoms with Gasteiger partial charge >= 0.3 is 6.18 Å². The second kappa shape index (κ2) is 8.16. The van der Waals surface area contributed by atoms with Crippen LogP contribution in [0.25, 0.3) is 0 Å². The van der Waals surface area contributed by atoms with Crippen LogP contribution in [0.2, 0.25) is 0 Å². The predicted molar refractivity (Wildman–Crippen MR) is 90.7 cm³/mol. The first kappa shape index (κ1) is 19.0. The van der Waals surface area contributed by atoms with E-state index in [0.717, 1.165) is 23.3 Å². The minimum absolute atomic E-state index is 0.154. The lowest BCUT2D eigenvalue weighted by Crippen LogP contribution is -2.35. The summed E-state index contributed by atoms with van der Waals surface area (Å²) in [6, 6.07) is 13.7. The van der Waals surface area contributed by atoms with Crippen molar-refractivity contribution in [2.75, 3.05) is 0 Å². The summed E-state index contributed by atoms with van der Waals surface area (Å²) in [5.41, 5.74) is 6.95. The Bertz CT molecular complexity index is 684. The molecule has 0 aliphatic heterocycles. The Morgan fingerprint density at radius 3 is 2.24 bits per heavy atom. The third-order valence-corrected chi connectivity index (χ3v) is 3.86. The lowest BCUT2D eigenvalue weighted by Gasteiger charge is -2.17. The number of halogens is 3. The number of carbonyl (C=O) groups excluding carboxylic acids is 1. The Morgan fingerprint density at radius 2 is 1.68 bits per heavy atom. The maximum absolute atomic E-state index is 12.5. The van der Waals surface area contributed by atoms with Gasteiger partial charge in [-0.2, -0.15) is 13.2 Å². The predicted octanol–water partition coefficient (Wildman–Crippen LogP) is 3.84. The monoisotopic (exact) mass is 350 g/mol. The van der Waals surface area contributed by atoms with Crippen molar-refractivity contribution in [2.45, 2.75) is 38.0 Å². The van der Waals surface area contributed by atoms with Gasteiger partial charge in [-0.3, -0.25) is 4.79 Å². The third-order valence-electron chi connectivity index (χ3n) is 3.86. The summed E-state index contributed by atoms with van der Waals surface area (Å²) in [6.45, 7) is 1.81. The summed E-state index contributed by atoms with van der Waals surface area (Å²) in [6.07, 6.45) is -3.74. The molecule has 0 fully saturated rings. The Balaban J connectivity index is 1.85. The maximum atomic E-state index is 12.5. The number of carbonyl (C=O) groups is 1. The van der Waals surface area contributed by atoms with Crippen molar-refractivity contribution in [3.63, 3.8) is 0 Å². The average molecular weight is 350 g/mol. The molecule has 3 N–H and O–H groups in total. The van der Waals surface area contributed by atoms with Crippen molar-refractivity contribution in [1.29, 1.82) is 0 Å². The van der Waals surface area contributed by atoms with Crippen LogP contribution in [0.3, 0.4) is 0 Å². The lowest BCUT2D eigenvalue weighted by atomic mass is 10.0. The topological polar surface area (TPSA) is 55.1 Å². The second-order valence-electron chi connectivity index (χ2n) is 6.09. The van der Waals surface area contributed by atoms with E-state index in [-0.39, 0.29) is 24.4 Å². The molecule has 0 aromatic heterocycles. The molecule has 0 aliphatic rings. The van der Waals surface area contributed by atoms with E-state index in [9.17, 15) is 18.0 Å². The zero-order valence-electron chi connectivity index (χ0n) is 13.9. The van der Waals surface area contributed by atoms with Crippen molar-refractivity contribution in [3.05, 3.63) is 71.3 Å². The molecule has 0 saturated heterocycles. The highest BCUT2D eigenvalue weighted by molar-refractivity contribution is 5.77. The molecule has 134 valence electrons. The first-order chi connectivity index (χ1) is 11.8. The van der Waals surface area contributed by atoms with Gasteiger partial charge in [-0.25, -0.2) is 0 Å². The van der Waals surface area contributed by atoms with E-state index in [1.165, 1.54) is 12.1 Å². The second-order valence-corrected chi connectivity index (χ2v) is 6.09. The third kappa shape index (κ3) is 5.90. The zero-order valence-corrected chi connectivity index (χ0v) is 13.9. The van der Waals surface area contributed by atoms with Gasteiger partial charge in [-0.1, -0.05) is 42.5 Å². The van der Waals surface area contributed by atoms with Gasteiger partial charge in [0.1, 0.15) is 0 Å². The fraction of sp³-hybridized carbons (Fsp3) is 0.316. The molecule has 2 atom stereocenters. The molecule has 0 radical (unpaired) electrons. The normalized spacial score (nSPS) is 14.0. The van der Waals surface area contributed by atoms with Crippen LogP contribution in [-0.4, -0.2) is 11.9 Å². The molecule has 25 heavy (non-hydrogen) atoms. The molecule has 0 saturated carbocycles. The van der Waals surface area contributed by atoms with Crippen LogP contribution in [0.5, 0.6) is 0 Å². The minimum atomic E-state index is -4.34. The van der Waals surface area contributed by atoms with E-state index in [1.807, 2.05) is 37.3 Å². The summed E-state index contributed by atoms with van der Waals surface area (Å²) in [5.74, 6) is -0.184. The van der Waals surface area contributed by atoms with Crippen LogP contribution in [0.4, 0.5) is 13.2 Å². The first-order valence-corrected chi connectivity index (χ1v) is 8.01. The summed E-state index contributed by atoms with van der Waals surface area (Å²) in [4.78, 5) is 12.1. The van der Waals surface area contributed by atoms with Crippen LogP contribution >= 0.6 is 0 Å². The number of hydrogen-bond acceptors (Lipinski definition) is 2. The average Bonchev–Trinajstić information content (AvgIpc) is 2.55. The van der Waals surface area contributed by atoms with E-state index in [2.05, 4.69) is 5.32 Å². The van der Waals surface area contributed by atoms with Gasteiger partial charge in [0.25, 0.3) is 0 Å². The molecule has 2 rings (SSSR count). The molecule has 6 heteroatoms. The van der Waals surface area contributed by atoms with Crippen molar-refractivity contribution in [1.82, 2.24) is 5.32 Å². The Kier molecular flexibility index (Phi) is 6.20. The van der Waals surface area contributed by atoms with E-state index in [0.29, 0.717) is 6.42 Å². The Morgan fingerprint density at radius 1 is 1.08 bits per heavy atom. The number of benzene rings is 2. The number of amides is 1. The van der Waals surface area contributed by atoms with E-state index in [4.69, 9.17) is 5.73 Å². The van der Waals surface area contributed by atoms with Crippen LogP contribution in [0, 0.1) is 0 Å². The molecule has 1 amide bonds. The number of alkyl halides is 3. The minimum Gasteiger partial charge on any atom is -0.353 e. The van der Waals surface area contributed by atoms with Crippen LogP contribution in [-0.2, 0) is 17.4 Å². The lowest BCUT2D eigenvalue weighted by molar-refractivity contribution is -0.137. The molecular weight excluding hydrogens is 329 g/mol. The Hall–Kier alpha value is -2.34. The van der Waals surface area contributed by atoms with Crippen molar-refractivity contribution in [3.8, 4) is 0 Å². The highest BCUT2D eigenvalue weighted by atomic mass is 19.4. The molecule has 2 aromatic carbocycles. The molecular formula is C19H21F3N2O. The molecule has 0 aliphatic carbocycles. The van der Waals surface area contributed by atoms with E-state index in [1.54, 1.807) is 0 Å². The SMILES string of the molecule is CC(Cc1ccc(C(F)(F)F)cc1)NC(=O)CC(N)c1ccccc1. The standard InChI is InChI=1S/C19H21F3N2O/c1-13(11-14-7-9-16(10-8-14)19(20,21)22)24-18(25)12-17(23)15-5-3-2-4-6-15/h2-10,13,17H,11-12,23H2,1H3,(H,24,25). The van der Waals surface area contributed by atoms with Gasteiger partial charge in [-0.15, -0.1) is 0 Å². The fourth-order valence-electron chi connectivity index (χ4n) is 2.59. The van der Waals surface area contributed by atoms with Crippen molar-refractivity contribution >= 4 is 5.91 Å².